The number of hydrogen-bond acceptors (Lipinski definition) is 3. The van der Waals surface area contributed by atoms with Gasteiger partial charge in [-0.25, -0.2) is 9.18 Å². The minimum absolute atomic E-state index is 0.0768. The quantitative estimate of drug-likeness (QED) is 0.734. The summed E-state index contributed by atoms with van der Waals surface area (Å²) >= 11 is 0. The molecule has 1 atom stereocenters. The maximum atomic E-state index is 13.4. The Morgan fingerprint density at radius 2 is 2.16 bits per heavy atom. The number of carbonyl (C=O) groups excluding carboxylic acids is 1. The number of carboxylic acid groups (broad SMARTS) is 1. The normalized spacial score (nSPS) is 11.9. The molecule has 0 radical (unpaired) electrons. The lowest BCUT2D eigenvalue weighted by Gasteiger charge is -2.09. The zero-order valence-electron chi connectivity index (χ0n) is 10.6. The number of nitrogens with two attached hydrogens (primary N) is 1. The Hall–Kier alpha value is -1.95. The van der Waals surface area contributed by atoms with E-state index in [2.05, 4.69) is 5.32 Å². The first kappa shape index (κ1) is 15.1. The van der Waals surface area contributed by atoms with Crippen molar-refractivity contribution in [3.63, 3.8) is 0 Å². The summed E-state index contributed by atoms with van der Waals surface area (Å²) in [6.45, 7) is 2.40. The summed E-state index contributed by atoms with van der Waals surface area (Å²) < 4.78 is 13.4. The summed E-state index contributed by atoms with van der Waals surface area (Å²) in [7, 11) is 0. The number of aromatic carboxylic acids is 1. The summed E-state index contributed by atoms with van der Waals surface area (Å²) in [6.07, 6.45) is 0.817. The number of nitrogens with one attached hydrogen (secondary N) is 1. The summed E-state index contributed by atoms with van der Waals surface area (Å²) in [5.41, 5.74) is 5.23. The van der Waals surface area contributed by atoms with Gasteiger partial charge in [-0.05, 0) is 37.1 Å². The highest BCUT2D eigenvalue weighted by Crippen LogP contribution is 2.17. The standard InChI is InChI=1S/C13H17FN2O3/c1-8(7-15)2-5-12(17)16-11-6-9(13(18)19)3-4-10(11)14/h3-4,6,8H,2,5,7,15H2,1H3,(H,16,17)(H,18,19). The molecule has 0 heterocycles. The number of halogens is 1. The second kappa shape index (κ2) is 6.84. The number of benzene rings is 1. The van der Waals surface area contributed by atoms with E-state index in [0.717, 1.165) is 18.2 Å². The van der Waals surface area contributed by atoms with E-state index in [1.54, 1.807) is 0 Å². The molecule has 0 fully saturated rings. The Morgan fingerprint density at radius 1 is 1.47 bits per heavy atom. The maximum absolute atomic E-state index is 13.4. The topological polar surface area (TPSA) is 92.4 Å². The summed E-state index contributed by atoms with van der Waals surface area (Å²) in [5.74, 6) is -1.99. The second-order valence-electron chi connectivity index (χ2n) is 4.43. The fourth-order valence-electron chi connectivity index (χ4n) is 1.46. The molecule has 0 aliphatic heterocycles. The van der Waals surface area contributed by atoms with Crippen molar-refractivity contribution < 1.29 is 19.1 Å². The highest BCUT2D eigenvalue weighted by atomic mass is 19.1. The van der Waals surface area contributed by atoms with Crippen LogP contribution < -0.4 is 11.1 Å². The zero-order chi connectivity index (χ0) is 14.4. The molecule has 0 saturated carbocycles. The molecule has 1 rings (SSSR count). The van der Waals surface area contributed by atoms with Gasteiger partial charge in [-0.15, -0.1) is 0 Å². The van der Waals surface area contributed by atoms with E-state index in [1.807, 2.05) is 6.92 Å². The van der Waals surface area contributed by atoms with Crippen LogP contribution in [0.25, 0.3) is 0 Å². The Morgan fingerprint density at radius 3 is 2.74 bits per heavy atom. The molecule has 19 heavy (non-hydrogen) atoms. The van der Waals surface area contributed by atoms with Crippen molar-refractivity contribution in [1.82, 2.24) is 0 Å². The van der Waals surface area contributed by atoms with Gasteiger partial charge in [0.25, 0.3) is 0 Å². The molecular formula is C13H17FN2O3. The number of anilines is 1. The van der Waals surface area contributed by atoms with E-state index in [0.29, 0.717) is 13.0 Å². The summed E-state index contributed by atoms with van der Waals surface area (Å²) in [6, 6.07) is 3.26. The van der Waals surface area contributed by atoms with Gasteiger partial charge < -0.3 is 16.2 Å². The van der Waals surface area contributed by atoms with Gasteiger partial charge in [0.1, 0.15) is 5.82 Å². The first-order chi connectivity index (χ1) is 8.93. The van der Waals surface area contributed by atoms with Crippen LogP contribution in [0.5, 0.6) is 0 Å². The highest BCUT2D eigenvalue weighted by Gasteiger charge is 2.11. The van der Waals surface area contributed by atoms with Crippen molar-refractivity contribution in [1.29, 1.82) is 0 Å². The van der Waals surface area contributed by atoms with Crippen molar-refractivity contribution >= 4 is 17.6 Å². The van der Waals surface area contributed by atoms with Crippen LogP contribution in [-0.2, 0) is 4.79 Å². The third kappa shape index (κ3) is 4.67. The largest absolute Gasteiger partial charge is 0.478 e. The Labute approximate surface area is 110 Å². The van der Waals surface area contributed by atoms with Crippen molar-refractivity contribution in [3.05, 3.63) is 29.6 Å². The van der Waals surface area contributed by atoms with Crippen molar-refractivity contribution in [2.45, 2.75) is 19.8 Å². The number of hydrogen-bond donors (Lipinski definition) is 3. The van der Waals surface area contributed by atoms with Crippen LogP contribution in [0.2, 0.25) is 0 Å². The molecule has 0 aromatic heterocycles. The second-order valence-corrected chi connectivity index (χ2v) is 4.43. The van der Waals surface area contributed by atoms with Crippen molar-refractivity contribution in [2.24, 2.45) is 11.7 Å². The molecule has 4 N–H and O–H groups in total. The molecule has 5 nitrogen and oxygen atoms in total. The zero-order valence-corrected chi connectivity index (χ0v) is 10.6. The molecule has 104 valence electrons. The summed E-state index contributed by atoms with van der Waals surface area (Å²) in [5, 5.41) is 11.2. The predicted octanol–water partition coefficient (Wildman–Crippen LogP) is 1.84. The first-order valence-electron chi connectivity index (χ1n) is 5.96. The minimum Gasteiger partial charge on any atom is -0.478 e. The fourth-order valence-corrected chi connectivity index (χ4v) is 1.46. The first-order valence-corrected chi connectivity index (χ1v) is 5.96. The van der Waals surface area contributed by atoms with Gasteiger partial charge in [-0.2, -0.15) is 0 Å². The molecule has 6 heteroatoms. The number of rotatable bonds is 6. The van der Waals surface area contributed by atoms with Crippen LogP contribution in [-0.4, -0.2) is 23.5 Å². The maximum Gasteiger partial charge on any atom is 0.335 e. The molecule has 0 aliphatic carbocycles. The molecule has 0 bridgehead atoms. The van der Waals surface area contributed by atoms with Gasteiger partial charge in [0, 0.05) is 6.42 Å². The van der Waals surface area contributed by atoms with Gasteiger partial charge in [0.15, 0.2) is 0 Å². The smallest absolute Gasteiger partial charge is 0.335 e. The SMILES string of the molecule is CC(CN)CCC(=O)Nc1cc(C(=O)O)ccc1F. The molecule has 1 aromatic rings. The third-order valence-electron chi connectivity index (χ3n) is 2.75. The molecule has 0 spiro atoms. The van der Waals surface area contributed by atoms with Gasteiger partial charge >= 0.3 is 5.97 Å². The van der Waals surface area contributed by atoms with Crippen LogP contribution in [0, 0.1) is 11.7 Å². The molecule has 1 unspecified atom stereocenters. The van der Waals surface area contributed by atoms with Gasteiger partial charge in [-0.3, -0.25) is 4.79 Å². The van der Waals surface area contributed by atoms with Crippen LogP contribution in [0.15, 0.2) is 18.2 Å². The van der Waals surface area contributed by atoms with E-state index in [9.17, 15) is 14.0 Å². The van der Waals surface area contributed by atoms with Crippen molar-refractivity contribution in [3.8, 4) is 0 Å². The van der Waals surface area contributed by atoms with Gasteiger partial charge in [0.05, 0.1) is 11.3 Å². The lowest BCUT2D eigenvalue weighted by molar-refractivity contribution is -0.116. The fraction of sp³-hybridized carbons (Fsp3) is 0.385. The monoisotopic (exact) mass is 268 g/mol. The highest BCUT2D eigenvalue weighted by molar-refractivity contribution is 5.94. The van der Waals surface area contributed by atoms with E-state index >= 15 is 0 Å². The number of carbonyl (C=O) groups is 2. The molecular weight excluding hydrogens is 251 g/mol. The van der Waals surface area contributed by atoms with Gasteiger partial charge in [0.2, 0.25) is 5.91 Å². The van der Waals surface area contributed by atoms with Gasteiger partial charge in [-0.1, -0.05) is 6.92 Å². The van der Waals surface area contributed by atoms with E-state index in [1.165, 1.54) is 0 Å². The van der Waals surface area contributed by atoms with E-state index in [4.69, 9.17) is 10.8 Å². The molecule has 1 aromatic carbocycles. The number of amides is 1. The molecule has 0 saturated heterocycles. The van der Waals surface area contributed by atoms with Crippen LogP contribution >= 0.6 is 0 Å². The predicted molar refractivity (Wildman–Crippen MR) is 69.4 cm³/mol. The molecule has 1 amide bonds. The Bertz CT molecular complexity index is 477. The summed E-state index contributed by atoms with van der Waals surface area (Å²) in [4.78, 5) is 22.4. The third-order valence-corrected chi connectivity index (χ3v) is 2.75. The average molecular weight is 268 g/mol. The van der Waals surface area contributed by atoms with Crippen LogP contribution in [0.3, 0.4) is 0 Å². The number of carboxylic acids is 1. The minimum atomic E-state index is -1.17. The average Bonchev–Trinajstić information content (AvgIpc) is 2.38. The van der Waals surface area contributed by atoms with Crippen LogP contribution in [0.4, 0.5) is 10.1 Å². The Balaban J connectivity index is 2.68. The van der Waals surface area contributed by atoms with E-state index in [-0.39, 0.29) is 29.5 Å². The lowest BCUT2D eigenvalue weighted by Crippen LogP contribution is -2.17. The van der Waals surface area contributed by atoms with Crippen LogP contribution in [0.1, 0.15) is 30.1 Å². The Kier molecular flexibility index (Phi) is 5.44. The van der Waals surface area contributed by atoms with E-state index < -0.39 is 11.8 Å². The molecule has 0 aliphatic rings. The van der Waals surface area contributed by atoms with Crippen molar-refractivity contribution in [2.75, 3.05) is 11.9 Å². The lowest BCUT2D eigenvalue weighted by atomic mass is 10.1.